The molecule has 0 amide bonds. The lowest BCUT2D eigenvalue weighted by Crippen LogP contribution is -2.47. The molecule has 1 fully saturated rings. The van der Waals surface area contributed by atoms with E-state index in [1.807, 2.05) is 24.3 Å². The van der Waals surface area contributed by atoms with E-state index in [4.69, 9.17) is 11.6 Å². The van der Waals surface area contributed by atoms with Crippen molar-refractivity contribution >= 4 is 17.4 Å². The number of hydrogen-bond donors (Lipinski definition) is 1. The van der Waals surface area contributed by atoms with Gasteiger partial charge in [-0.15, -0.1) is 0 Å². The number of carbonyl (C=O) groups excluding carboxylic acids is 1. The van der Waals surface area contributed by atoms with Gasteiger partial charge in [-0.05, 0) is 43.5 Å². The van der Waals surface area contributed by atoms with Crippen molar-refractivity contribution in [3.05, 3.63) is 34.9 Å². The molecule has 0 radical (unpaired) electrons. The monoisotopic (exact) mass is 251 g/mol. The first-order chi connectivity index (χ1) is 8.16. The van der Waals surface area contributed by atoms with Crippen molar-refractivity contribution in [2.24, 2.45) is 0 Å². The molecule has 0 aliphatic carbocycles. The quantitative estimate of drug-likeness (QED) is 0.892. The lowest BCUT2D eigenvalue weighted by molar-refractivity contribution is -0.124. The molecule has 1 saturated heterocycles. The van der Waals surface area contributed by atoms with Crippen LogP contribution in [0, 0.1) is 0 Å². The minimum Gasteiger partial charge on any atom is -0.305 e. The highest BCUT2D eigenvalue weighted by molar-refractivity contribution is 6.30. The zero-order valence-corrected chi connectivity index (χ0v) is 10.9. The molecule has 1 unspecified atom stereocenters. The number of ketones is 1. The molecule has 2 nitrogen and oxygen atoms in total. The Morgan fingerprint density at radius 3 is 2.65 bits per heavy atom. The first kappa shape index (κ1) is 12.6. The Morgan fingerprint density at radius 2 is 2.12 bits per heavy atom. The van der Waals surface area contributed by atoms with Crippen molar-refractivity contribution in [3.63, 3.8) is 0 Å². The smallest absolute Gasteiger partial charge is 0.157 e. The molecule has 3 heteroatoms. The fraction of sp³-hybridized carbons (Fsp3) is 0.500. The molecule has 1 aromatic carbocycles. The van der Waals surface area contributed by atoms with Gasteiger partial charge in [0.1, 0.15) is 0 Å². The van der Waals surface area contributed by atoms with Gasteiger partial charge in [0.05, 0.1) is 5.54 Å². The van der Waals surface area contributed by atoms with Crippen LogP contribution in [0.25, 0.3) is 0 Å². The summed E-state index contributed by atoms with van der Waals surface area (Å²) in [5, 5.41) is 4.09. The van der Waals surface area contributed by atoms with Gasteiger partial charge < -0.3 is 5.32 Å². The number of carbonyl (C=O) groups is 1. The summed E-state index contributed by atoms with van der Waals surface area (Å²) >= 11 is 5.83. The first-order valence-electron chi connectivity index (χ1n) is 6.19. The van der Waals surface area contributed by atoms with Crippen LogP contribution in [0.1, 0.15) is 31.7 Å². The molecule has 0 bridgehead atoms. The van der Waals surface area contributed by atoms with Crippen molar-refractivity contribution in [2.45, 2.75) is 38.1 Å². The van der Waals surface area contributed by atoms with Gasteiger partial charge in [0, 0.05) is 11.4 Å². The van der Waals surface area contributed by atoms with Gasteiger partial charge in [-0.1, -0.05) is 30.7 Å². The summed E-state index contributed by atoms with van der Waals surface area (Å²) < 4.78 is 0. The standard InChI is InChI=1S/C14H18ClNO/c1-2-14(8-3-9-16-14)13(17)10-11-4-6-12(15)7-5-11/h4-7,16H,2-3,8-10H2,1H3. The Labute approximate surface area is 107 Å². The third-order valence-corrected chi connectivity index (χ3v) is 3.91. The van der Waals surface area contributed by atoms with Gasteiger partial charge in [0.25, 0.3) is 0 Å². The van der Waals surface area contributed by atoms with Gasteiger partial charge in [-0.25, -0.2) is 0 Å². The molecule has 0 saturated carbocycles. The highest BCUT2D eigenvalue weighted by Gasteiger charge is 2.38. The highest BCUT2D eigenvalue weighted by atomic mass is 35.5. The molecule has 0 aromatic heterocycles. The second-order valence-electron chi connectivity index (χ2n) is 4.69. The molecule has 92 valence electrons. The van der Waals surface area contributed by atoms with Crippen LogP contribution in [0.3, 0.4) is 0 Å². The molecular weight excluding hydrogens is 234 g/mol. The van der Waals surface area contributed by atoms with Crippen LogP contribution in [-0.2, 0) is 11.2 Å². The average Bonchev–Trinajstić information content (AvgIpc) is 2.82. The van der Waals surface area contributed by atoms with E-state index in [-0.39, 0.29) is 5.54 Å². The third kappa shape index (κ3) is 2.70. The fourth-order valence-electron chi connectivity index (χ4n) is 2.50. The maximum absolute atomic E-state index is 12.4. The Morgan fingerprint density at radius 1 is 1.41 bits per heavy atom. The molecule has 1 heterocycles. The number of halogens is 1. The SMILES string of the molecule is CCC1(C(=O)Cc2ccc(Cl)cc2)CCCN1. The van der Waals surface area contributed by atoms with Gasteiger partial charge in [-0.3, -0.25) is 4.79 Å². The molecule has 2 rings (SSSR count). The van der Waals surface area contributed by atoms with Crippen molar-refractivity contribution in [1.29, 1.82) is 0 Å². The zero-order valence-electron chi connectivity index (χ0n) is 10.1. The fourth-order valence-corrected chi connectivity index (χ4v) is 2.63. The van der Waals surface area contributed by atoms with Crippen LogP contribution < -0.4 is 5.32 Å². The van der Waals surface area contributed by atoms with Crippen molar-refractivity contribution in [1.82, 2.24) is 5.32 Å². The molecule has 1 aromatic rings. The maximum Gasteiger partial charge on any atom is 0.157 e. The topological polar surface area (TPSA) is 29.1 Å². The van der Waals surface area contributed by atoms with E-state index in [1.165, 1.54) is 0 Å². The molecule has 17 heavy (non-hydrogen) atoms. The normalized spacial score (nSPS) is 23.9. The van der Waals surface area contributed by atoms with Gasteiger partial charge in [0.15, 0.2) is 5.78 Å². The predicted octanol–water partition coefficient (Wildman–Crippen LogP) is 2.98. The lowest BCUT2D eigenvalue weighted by Gasteiger charge is -2.26. The zero-order chi connectivity index (χ0) is 12.3. The second kappa shape index (κ2) is 5.19. The molecule has 1 atom stereocenters. The van der Waals surface area contributed by atoms with E-state index in [1.54, 1.807) is 0 Å². The number of nitrogens with one attached hydrogen (secondary N) is 1. The summed E-state index contributed by atoms with van der Waals surface area (Å²) in [7, 11) is 0. The largest absolute Gasteiger partial charge is 0.305 e. The third-order valence-electron chi connectivity index (χ3n) is 3.66. The summed E-state index contributed by atoms with van der Waals surface area (Å²) in [5.74, 6) is 0.305. The van der Waals surface area contributed by atoms with Crippen LogP contribution in [0.5, 0.6) is 0 Å². The summed E-state index contributed by atoms with van der Waals surface area (Å²) in [4.78, 5) is 12.4. The summed E-state index contributed by atoms with van der Waals surface area (Å²) in [5.41, 5.74) is 0.764. The van der Waals surface area contributed by atoms with Gasteiger partial charge in [0.2, 0.25) is 0 Å². The number of rotatable bonds is 4. The Balaban J connectivity index is 2.08. The Bertz CT molecular complexity index is 393. The van der Waals surface area contributed by atoms with Crippen LogP contribution in [0.15, 0.2) is 24.3 Å². The Hall–Kier alpha value is -0.860. The minimum absolute atomic E-state index is 0.278. The summed E-state index contributed by atoms with van der Waals surface area (Å²) in [6.45, 7) is 3.04. The first-order valence-corrected chi connectivity index (χ1v) is 6.57. The number of hydrogen-bond acceptors (Lipinski definition) is 2. The van der Waals surface area contributed by atoms with E-state index in [0.717, 1.165) is 31.4 Å². The van der Waals surface area contributed by atoms with E-state index in [2.05, 4.69) is 12.2 Å². The van der Waals surface area contributed by atoms with Crippen LogP contribution in [-0.4, -0.2) is 17.9 Å². The molecule has 0 spiro atoms. The Kier molecular flexibility index (Phi) is 3.85. The predicted molar refractivity (Wildman–Crippen MR) is 70.4 cm³/mol. The lowest BCUT2D eigenvalue weighted by atomic mass is 9.86. The van der Waals surface area contributed by atoms with Crippen LogP contribution >= 0.6 is 11.6 Å². The maximum atomic E-state index is 12.4. The van der Waals surface area contributed by atoms with Gasteiger partial charge in [-0.2, -0.15) is 0 Å². The average molecular weight is 252 g/mol. The van der Waals surface area contributed by atoms with Gasteiger partial charge >= 0.3 is 0 Å². The van der Waals surface area contributed by atoms with E-state index < -0.39 is 0 Å². The van der Waals surface area contributed by atoms with Crippen LogP contribution in [0.4, 0.5) is 0 Å². The molecule has 1 N–H and O–H groups in total. The van der Waals surface area contributed by atoms with Crippen LogP contribution in [0.2, 0.25) is 5.02 Å². The molecule has 1 aliphatic heterocycles. The van der Waals surface area contributed by atoms with Crippen molar-refractivity contribution in [2.75, 3.05) is 6.54 Å². The van der Waals surface area contributed by atoms with E-state index >= 15 is 0 Å². The molecular formula is C14H18ClNO. The summed E-state index contributed by atoms with van der Waals surface area (Å²) in [6.07, 6.45) is 3.44. The van der Waals surface area contributed by atoms with E-state index in [9.17, 15) is 4.79 Å². The number of Topliss-reactive ketones (excluding diaryl/α,β-unsaturated/α-hetero) is 1. The van der Waals surface area contributed by atoms with Crippen molar-refractivity contribution in [3.8, 4) is 0 Å². The van der Waals surface area contributed by atoms with Crippen molar-refractivity contribution < 1.29 is 4.79 Å². The van der Waals surface area contributed by atoms with E-state index in [0.29, 0.717) is 17.2 Å². The summed E-state index contributed by atoms with van der Waals surface area (Å²) in [6, 6.07) is 7.53. The minimum atomic E-state index is -0.278. The molecule has 1 aliphatic rings. The second-order valence-corrected chi connectivity index (χ2v) is 5.13. The highest BCUT2D eigenvalue weighted by Crippen LogP contribution is 2.25. The number of benzene rings is 1.